The lowest BCUT2D eigenvalue weighted by molar-refractivity contribution is -0.120. The number of ether oxygens (including phenoxy) is 1. The zero-order chi connectivity index (χ0) is 16.5. The molecule has 23 heavy (non-hydrogen) atoms. The molecule has 0 fully saturated rings. The van der Waals surface area contributed by atoms with E-state index in [9.17, 15) is 4.79 Å². The van der Waals surface area contributed by atoms with Crippen molar-refractivity contribution in [2.45, 2.75) is 26.2 Å². The lowest BCUT2D eigenvalue weighted by atomic mass is 10.1. The summed E-state index contributed by atoms with van der Waals surface area (Å²) >= 11 is 0. The zero-order valence-electron chi connectivity index (χ0n) is 13.6. The number of rotatable bonds is 7. The molecule has 1 amide bonds. The van der Waals surface area contributed by atoms with E-state index in [2.05, 4.69) is 17.5 Å². The fraction of sp³-hybridized carbons (Fsp3) is 0.263. The zero-order valence-corrected chi connectivity index (χ0v) is 13.6. The molecule has 120 valence electrons. The van der Waals surface area contributed by atoms with Crippen LogP contribution in [0.3, 0.4) is 0 Å². The van der Waals surface area contributed by atoms with Gasteiger partial charge in [-0.05, 0) is 29.7 Å². The van der Waals surface area contributed by atoms with Crippen molar-refractivity contribution in [2.75, 3.05) is 7.11 Å². The van der Waals surface area contributed by atoms with E-state index in [1.165, 1.54) is 0 Å². The van der Waals surface area contributed by atoms with Crippen LogP contribution >= 0.6 is 0 Å². The smallest absolute Gasteiger partial charge is 0.244 e. The largest absolute Gasteiger partial charge is 0.497 e. The van der Waals surface area contributed by atoms with Crippen LogP contribution in [0.1, 0.15) is 30.9 Å². The summed E-state index contributed by atoms with van der Waals surface area (Å²) in [5.41, 5.74) is 5.53. The molecule has 0 saturated carbocycles. The van der Waals surface area contributed by atoms with Gasteiger partial charge in [0, 0.05) is 0 Å². The minimum absolute atomic E-state index is 0.125. The predicted octanol–water partition coefficient (Wildman–Crippen LogP) is 3.56. The fourth-order valence-corrected chi connectivity index (χ4v) is 2.23. The third-order valence-electron chi connectivity index (χ3n) is 3.43. The number of methoxy groups -OCH3 is 1. The van der Waals surface area contributed by atoms with Crippen molar-refractivity contribution in [1.82, 2.24) is 5.43 Å². The third kappa shape index (κ3) is 5.25. The normalized spacial score (nSPS) is 11.1. The molecule has 0 heterocycles. The molecular formula is C19H22N2O2. The molecule has 2 aromatic rings. The van der Waals surface area contributed by atoms with Crippen molar-refractivity contribution in [2.24, 2.45) is 5.10 Å². The summed E-state index contributed by atoms with van der Waals surface area (Å²) in [5, 5.41) is 4.31. The first-order chi connectivity index (χ1) is 11.2. The number of nitrogens with one attached hydrogen (secondary N) is 1. The second kappa shape index (κ2) is 8.73. The van der Waals surface area contributed by atoms with E-state index in [4.69, 9.17) is 4.74 Å². The van der Waals surface area contributed by atoms with Crippen LogP contribution in [-0.2, 0) is 11.2 Å². The molecule has 2 aromatic carbocycles. The molecule has 4 nitrogen and oxygen atoms in total. The van der Waals surface area contributed by atoms with E-state index < -0.39 is 0 Å². The van der Waals surface area contributed by atoms with Crippen molar-refractivity contribution >= 4 is 11.6 Å². The summed E-state index contributed by atoms with van der Waals surface area (Å²) in [6, 6.07) is 17.4. The quantitative estimate of drug-likeness (QED) is 0.628. The van der Waals surface area contributed by atoms with Gasteiger partial charge < -0.3 is 4.74 Å². The minimum Gasteiger partial charge on any atom is -0.497 e. The van der Waals surface area contributed by atoms with E-state index in [0.29, 0.717) is 6.42 Å². The number of hydrazone groups is 1. The maximum atomic E-state index is 12.1. The Morgan fingerprint density at radius 1 is 1.09 bits per heavy atom. The molecule has 0 atom stereocenters. The van der Waals surface area contributed by atoms with Crippen molar-refractivity contribution in [3.05, 3.63) is 65.7 Å². The summed E-state index contributed by atoms with van der Waals surface area (Å²) in [6.07, 6.45) is 2.09. The van der Waals surface area contributed by atoms with Gasteiger partial charge in [0.2, 0.25) is 5.91 Å². The first-order valence-electron chi connectivity index (χ1n) is 7.76. The van der Waals surface area contributed by atoms with Gasteiger partial charge in [0.1, 0.15) is 5.75 Å². The van der Waals surface area contributed by atoms with Crippen molar-refractivity contribution in [3.8, 4) is 5.75 Å². The first-order valence-corrected chi connectivity index (χ1v) is 7.76. The first kappa shape index (κ1) is 16.7. The fourth-order valence-electron chi connectivity index (χ4n) is 2.23. The monoisotopic (exact) mass is 310 g/mol. The number of hydrogen-bond donors (Lipinski definition) is 1. The van der Waals surface area contributed by atoms with Gasteiger partial charge >= 0.3 is 0 Å². The summed E-state index contributed by atoms with van der Waals surface area (Å²) in [5.74, 6) is 0.654. The van der Waals surface area contributed by atoms with Crippen molar-refractivity contribution < 1.29 is 9.53 Å². The molecule has 0 spiro atoms. The van der Waals surface area contributed by atoms with Gasteiger partial charge in [0.05, 0.1) is 19.2 Å². The molecule has 0 radical (unpaired) electrons. The van der Waals surface area contributed by atoms with Crippen LogP contribution < -0.4 is 10.2 Å². The Morgan fingerprint density at radius 3 is 2.39 bits per heavy atom. The average molecular weight is 310 g/mol. The Balaban J connectivity index is 1.99. The SMILES string of the molecule is CCC/C(=N/NC(=O)Cc1ccc(OC)cc1)c1ccccc1. The van der Waals surface area contributed by atoms with Crippen molar-refractivity contribution in [3.63, 3.8) is 0 Å². The highest BCUT2D eigenvalue weighted by molar-refractivity contribution is 6.01. The highest BCUT2D eigenvalue weighted by atomic mass is 16.5. The molecule has 2 rings (SSSR count). The molecule has 0 bridgehead atoms. The van der Waals surface area contributed by atoms with Crippen LogP contribution in [0.4, 0.5) is 0 Å². The molecule has 1 N–H and O–H groups in total. The van der Waals surface area contributed by atoms with Gasteiger partial charge in [-0.25, -0.2) is 5.43 Å². The number of hydrogen-bond acceptors (Lipinski definition) is 3. The number of carbonyl (C=O) groups is 1. The van der Waals surface area contributed by atoms with Crippen LogP contribution in [0.2, 0.25) is 0 Å². The van der Waals surface area contributed by atoms with Gasteiger partial charge in [-0.3, -0.25) is 4.79 Å². The van der Waals surface area contributed by atoms with Gasteiger partial charge in [0.15, 0.2) is 0 Å². The molecule has 0 aromatic heterocycles. The van der Waals surface area contributed by atoms with E-state index in [0.717, 1.165) is 35.4 Å². The Kier molecular flexibility index (Phi) is 6.36. The van der Waals surface area contributed by atoms with E-state index in [1.54, 1.807) is 7.11 Å². The van der Waals surface area contributed by atoms with Crippen LogP contribution in [0.5, 0.6) is 5.75 Å². The van der Waals surface area contributed by atoms with Crippen LogP contribution in [0.25, 0.3) is 0 Å². The summed E-state index contributed by atoms with van der Waals surface area (Å²) in [6.45, 7) is 2.09. The Labute approximate surface area is 137 Å². The molecule has 0 aliphatic rings. The van der Waals surface area contributed by atoms with Crippen LogP contribution in [0.15, 0.2) is 59.7 Å². The van der Waals surface area contributed by atoms with Gasteiger partial charge in [-0.1, -0.05) is 55.8 Å². The van der Waals surface area contributed by atoms with Gasteiger partial charge in [-0.15, -0.1) is 0 Å². The summed E-state index contributed by atoms with van der Waals surface area (Å²) in [7, 11) is 1.62. The van der Waals surface area contributed by atoms with Crippen LogP contribution in [-0.4, -0.2) is 18.7 Å². The second-order valence-corrected chi connectivity index (χ2v) is 5.23. The maximum Gasteiger partial charge on any atom is 0.244 e. The van der Waals surface area contributed by atoms with Crippen LogP contribution in [0, 0.1) is 0 Å². The molecule has 0 aliphatic heterocycles. The number of benzene rings is 2. The molecule has 0 saturated heterocycles. The number of amides is 1. The highest BCUT2D eigenvalue weighted by Crippen LogP contribution is 2.11. The minimum atomic E-state index is -0.125. The highest BCUT2D eigenvalue weighted by Gasteiger charge is 2.06. The van der Waals surface area contributed by atoms with E-state index in [-0.39, 0.29) is 5.91 Å². The lowest BCUT2D eigenvalue weighted by Gasteiger charge is -2.07. The summed E-state index contributed by atoms with van der Waals surface area (Å²) in [4.78, 5) is 12.1. The van der Waals surface area contributed by atoms with E-state index >= 15 is 0 Å². The standard InChI is InChI=1S/C19H22N2O2/c1-3-7-18(16-8-5-4-6-9-16)20-21-19(22)14-15-10-12-17(23-2)13-11-15/h4-6,8-13H,3,7,14H2,1-2H3,(H,21,22)/b20-18-. The summed E-state index contributed by atoms with van der Waals surface area (Å²) < 4.78 is 5.11. The van der Waals surface area contributed by atoms with Gasteiger partial charge in [0.25, 0.3) is 0 Å². The Hall–Kier alpha value is -2.62. The molecule has 4 heteroatoms. The average Bonchev–Trinajstić information content (AvgIpc) is 2.60. The Bertz CT molecular complexity index is 649. The van der Waals surface area contributed by atoms with E-state index in [1.807, 2.05) is 54.6 Å². The topological polar surface area (TPSA) is 50.7 Å². The number of nitrogens with zero attached hydrogens (tertiary/aromatic N) is 1. The number of carbonyl (C=O) groups excluding carboxylic acids is 1. The lowest BCUT2D eigenvalue weighted by Crippen LogP contribution is -2.22. The third-order valence-corrected chi connectivity index (χ3v) is 3.43. The van der Waals surface area contributed by atoms with Gasteiger partial charge in [-0.2, -0.15) is 5.10 Å². The maximum absolute atomic E-state index is 12.1. The second-order valence-electron chi connectivity index (χ2n) is 5.23. The Morgan fingerprint density at radius 2 is 1.78 bits per heavy atom. The predicted molar refractivity (Wildman–Crippen MR) is 92.7 cm³/mol. The molecule has 0 unspecified atom stereocenters. The van der Waals surface area contributed by atoms with Crippen molar-refractivity contribution in [1.29, 1.82) is 0 Å². The molecule has 0 aliphatic carbocycles. The molecular weight excluding hydrogens is 288 g/mol.